The molecule has 2 N–H and O–H groups in total. The third-order valence-corrected chi connectivity index (χ3v) is 5.08. The molecule has 2 amide bonds. The number of nitrogens with one attached hydrogen (secondary N) is 2. The van der Waals surface area contributed by atoms with E-state index in [0.29, 0.717) is 5.69 Å². The molecule has 2 saturated heterocycles. The molecule has 2 aromatic rings. The Labute approximate surface area is 175 Å². The quantitative estimate of drug-likeness (QED) is 0.769. The average molecular weight is 436 g/mol. The zero-order valence-corrected chi connectivity index (χ0v) is 16.1. The molecule has 0 saturated carbocycles. The third-order valence-electron chi connectivity index (χ3n) is 5.08. The van der Waals surface area contributed by atoms with Crippen molar-refractivity contribution < 1.29 is 37.0 Å². The second kappa shape index (κ2) is 8.56. The molecular formula is C21H19F3N2O5. The maximum Gasteiger partial charge on any atom is 0.416 e. The van der Waals surface area contributed by atoms with Gasteiger partial charge in [0.2, 0.25) is 0 Å². The summed E-state index contributed by atoms with van der Waals surface area (Å²) in [6, 6.07) is 12.2. The van der Waals surface area contributed by atoms with E-state index in [2.05, 4.69) is 10.6 Å². The SMILES string of the molecule is O=C(Nc1ccccc1)O[C@@H]1CO[C@H]2[C@@H]1OC[C@@H]2NC(=O)c1ccc(C(F)(F)F)cc1. The van der Waals surface area contributed by atoms with Crippen LogP contribution >= 0.6 is 0 Å². The smallest absolute Gasteiger partial charge is 0.416 e. The predicted molar refractivity (Wildman–Crippen MR) is 103 cm³/mol. The number of benzene rings is 2. The first-order chi connectivity index (χ1) is 14.8. The van der Waals surface area contributed by atoms with E-state index < -0.39 is 48.1 Å². The summed E-state index contributed by atoms with van der Waals surface area (Å²) in [6.45, 7) is 0.228. The normalized spacial score (nSPS) is 25.0. The van der Waals surface area contributed by atoms with Crippen LogP contribution in [0.25, 0.3) is 0 Å². The number of fused-ring (bicyclic) bond motifs is 1. The van der Waals surface area contributed by atoms with Crippen molar-refractivity contribution in [3.63, 3.8) is 0 Å². The molecule has 2 aromatic carbocycles. The summed E-state index contributed by atoms with van der Waals surface area (Å²) < 4.78 is 54.7. The molecule has 2 aliphatic heterocycles. The highest BCUT2D eigenvalue weighted by atomic mass is 19.4. The minimum Gasteiger partial charge on any atom is -0.441 e. The number of carbonyl (C=O) groups excluding carboxylic acids is 2. The number of ether oxygens (including phenoxy) is 3. The standard InChI is InChI=1S/C21H19F3N2O5/c22-21(23,24)13-8-6-12(7-9-13)19(27)26-15-10-29-18-16(11-30-17(15)18)31-20(28)25-14-4-2-1-3-5-14/h1-9,15-18H,10-11H2,(H,25,28)(H,26,27)/t15-,16+,17+,18+/m0/s1. The van der Waals surface area contributed by atoms with Gasteiger partial charge in [0, 0.05) is 11.3 Å². The molecule has 0 aliphatic carbocycles. The van der Waals surface area contributed by atoms with Crippen molar-refractivity contribution in [2.24, 2.45) is 0 Å². The monoisotopic (exact) mass is 436 g/mol. The van der Waals surface area contributed by atoms with Gasteiger partial charge < -0.3 is 19.5 Å². The zero-order valence-electron chi connectivity index (χ0n) is 16.1. The Morgan fingerprint density at radius 2 is 1.61 bits per heavy atom. The highest BCUT2D eigenvalue weighted by Crippen LogP contribution is 2.30. The molecule has 4 atom stereocenters. The maximum atomic E-state index is 12.7. The number of hydrogen-bond donors (Lipinski definition) is 2. The van der Waals surface area contributed by atoms with Crippen molar-refractivity contribution >= 4 is 17.7 Å². The Bertz CT molecular complexity index is 936. The van der Waals surface area contributed by atoms with Gasteiger partial charge in [-0.1, -0.05) is 18.2 Å². The van der Waals surface area contributed by atoms with E-state index >= 15 is 0 Å². The van der Waals surface area contributed by atoms with Gasteiger partial charge in [-0.05, 0) is 36.4 Å². The minimum absolute atomic E-state index is 0.0875. The van der Waals surface area contributed by atoms with Crippen LogP contribution in [-0.2, 0) is 20.4 Å². The van der Waals surface area contributed by atoms with E-state index in [4.69, 9.17) is 14.2 Å². The third kappa shape index (κ3) is 4.80. The first-order valence-electron chi connectivity index (χ1n) is 9.55. The van der Waals surface area contributed by atoms with E-state index in [0.717, 1.165) is 24.3 Å². The predicted octanol–water partition coefficient (Wildman–Crippen LogP) is 3.22. The van der Waals surface area contributed by atoms with Gasteiger partial charge in [0.1, 0.15) is 12.2 Å². The van der Waals surface area contributed by atoms with Gasteiger partial charge in [-0.15, -0.1) is 0 Å². The fourth-order valence-electron chi connectivity index (χ4n) is 3.56. The number of para-hydroxylation sites is 1. The summed E-state index contributed by atoms with van der Waals surface area (Å²) in [5.41, 5.74) is -0.164. The van der Waals surface area contributed by atoms with E-state index in [1.54, 1.807) is 24.3 Å². The first-order valence-corrected chi connectivity index (χ1v) is 9.55. The molecule has 4 rings (SSSR count). The van der Waals surface area contributed by atoms with E-state index in [9.17, 15) is 22.8 Å². The molecule has 2 heterocycles. The van der Waals surface area contributed by atoms with Crippen LogP contribution in [0.1, 0.15) is 15.9 Å². The highest BCUT2D eigenvalue weighted by Gasteiger charge is 2.50. The van der Waals surface area contributed by atoms with Gasteiger partial charge in [-0.25, -0.2) is 4.79 Å². The van der Waals surface area contributed by atoms with Crippen molar-refractivity contribution in [2.75, 3.05) is 18.5 Å². The van der Waals surface area contributed by atoms with Gasteiger partial charge >= 0.3 is 12.3 Å². The molecule has 0 radical (unpaired) electrons. The fourth-order valence-corrected chi connectivity index (χ4v) is 3.56. The topological polar surface area (TPSA) is 85.9 Å². The molecule has 2 aliphatic rings. The van der Waals surface area contributed by atoms with Crippen molar-refractivity contribution in [3.05, 3.63) is 65.7 Å². The number of alkyl halides is 3. The van der Waals surface area contributed by atoms with E-state index in [-0.39, 0.29) is 18.8 Å². The van der Waals surface area contributed by atoms with Crippen LogP contribution in [0.4, 0.5) is 23.7 Å². The number of anilines is 1. The van der Waals surface area contributed by atoms with Crippen LogP contribution in [0.3, 0.4) is 0 Å². The lowest BCUT2D eigenvalue weighted by molar-refractivity contribution is -0.137. The Hall–Kier alpha value is -3.11. The van der Waals surface area contributed by atoms with E-state index in [1.807, 2.05) is 6.07 Å². The molecule has 0 unspecified atom stereocenters. The Balaban J connectivity index is 1.32. The summed E-state index contributed by atoms with van der Waals surface area (Å²) in [5, 5.41) is 5.32. The number of carbonyl (C=O) groups is 2. The van der Waals surface area contributed by atoms with Crippen LogP contribution in [0.5, 0.6) is 0 Å². The van der Waals surface area contributed by atoms with Gasteiger partial charge in [-0.3, -0.25) is 10.1 Å². The number of amides is 2. The van der Waals surface area contributed by atoms with Crippen LogP contribution in [0.15, 0.2) is 54.6 Å². The average Bonchev–Trinajstić information content (AvgIpc) is 3.31. The van der Waals surface area contributed by atoms with Crippen LogP contribution < -0.4 is 10.6 Å². The maximum absolute atomic E-state index is 12.7. The molecule has 0 aromatic heterocycles. The Kier molecular flexibility index (Phi) is 5.84. The number of hydrogen-bond acceptors (Lipinski definition) is 5. The summed E-state index contributed by atoms with van der Waals surface area (Å²) >= 11 is 0. The molecular weight excluding hydrogens is 417 g/mol. The second-order valence-corrected chi connectivity index (χ2v) is 7.19. The number of halogens is 3. The summed E-state index contributed by atoms with van der Waals surface area (Å²) in [6.07, 6.45) is -6.86. The lowest BCUT2D eigenvalue weighted by Gasteiger charge is -2.18. The largest absolute Gasteiger partial charge is 0.441 e. The lowest BCUT2D eigenvalue weighted by atomic mass is 10.1. The van der Waals surface area contributed by atoms with Crippen LogP contribution in [-0.4, -0.2) is 49.6 Å². The van der Waals surface area contributed by atoms with Gasteiger partial charge in [0.25, 0.3) is 5.91 Å². The van der Waals surface area contributed by atoms with Crippen LogP contribution in [0.2, 0.25) is 0 Å². The minimum atomic E-state index is -4.47. The van der Waals surface area contributed by atoms with Gasteiger partial charge in [0.05, 0.1) is 24.8 Å². The van der Waals surface area contributed by atoms with Crippen molar-refractivity contribution in [3.8, 4) is 0 Å². The Morgan fingerprint density at radius 3 is 2.29 bits per heavy atom. The second-order valence-electron chi connectivity index (χ2n) is 7.19. The molecule has 31 heavy (non-hydrogen) atoms. The Morgan fingerprint density at radius 1 is 0.935 bits per heavy atom. The summed E-state index contributed by atoms with van der Waals surface area (Å²) in [4.78, 5) is 24.5. The fraction of sp³-hybridized carbons (Fsp3) is 0.333. The van der Waals surface area contributed by atoms with Crippen molar-refractivity contribution in [1.82, 2.24) is 5.32 Å². The molecule has 2 fully saturated rings. The summed E-state index contributed by atoms with van der Waals surface area (Å²) in [5.74, 6) is -0.544. The molecule has 164 valence electrons. The van der Waals surface area contributed by atoms with Gasteiger partial charge in [-0.2, -0.15) is 13.2 Å². The molecule has 0 spiro atoms. The lowest BCUT2D eigenvalue weighted by Crippen LogP contribution is -2.44. The zero-order chi connectivity index (χ0) is 22.0. The number of rotatable bonds is 4. The van der Waals surface area contributed by atoms with Crippen molar-refractivity contribution in [2.45, 2.75) is 30.5 Å². The van der Waals surface area contributed by atoms with Crippen molar-refractivity contribution in [1.29, 1.82) is 0 Å². The van der Waals surface area contributed by atoms with Gasteiger partial charge in [0.15, 0.2) is 6.10 Å². The summed E-state index contributed by atoms with van der Waals surface area (Å²) in [7, 11) is 0. The molecule has 0 bridgehead atoms. The highest BCUT2D eigenvalue weighted by molar-refractivity contribution is 5.94. The first kappa shape index (κ1) is 21.1. The molecule has 10 heteroatoms. The van der Waals surface area contributed by atoms with Crippen LogP contribution in [0, 0.1) is 0 Å². The molecule has 7 nitrogen and oxygen atoms in total. The van der Waals surface area contributed by atoms with E-state index in [1.165, 1.54) is 0 Å².